The van der Waals surface area contributed by atoms with Gasteiger partial charge in [-0.3, -0.25) is 4.79 Å². The topological polar surface area (TPSA) is 43.9 Å². The van der Waals surface area contributed by atoms with Crippen LogP contribution in [0.25, 0.3) is 17.0 Å². The van der Waals surface area contributed by atoms with E-state index in [-0.39, 0.29) is 5.78 Å². The summed E-state index contributed by atoms with van der Waals surface area (Å²) in [4.78, 5) is 14.2. The van der Waals surface area contributed by atoms with E-state index in [1.54, 1.807) is 31.4 Å². The van der Waals surface area contributed by atoms with Crippen molar-refractivity contribution < 1.29 is 18.8 Å². The number of furan rings is 1. The molecule has 3 rings (SSSR count). The molecule has 4 nitrogen and oxygen atoms in total. The number of hydrogen-bond acceptors (Lipinski definition) is 3. The molecule has 1 aromatic heterocycles. The van der Waals surface area contributed by atoms with E-state index in [0.717, 1.165) is 10.3 Å². The van der Waals surface area contributed by atoms with Crippen LogP contribution in [0.1, 0.15) is 21.7 Å². The molecule has 2 aromatic carbocycles. The van der Waals surface area contributed by atoms with Gasteiger partial charge in [-0.2, -0.15) is 0 Å². The largest absolute Gasteiger partial charge is 0.497 e. The van der Waals surface area contributed by atoms with E-state index in [1.165, 1.54) is 0 Å². The Bertz CT molecular complexity index is 939. The molecular formula is C20H19ClNO3+. The lowest BCUT2D eigenvalue weighted by molar-refractivity contribution is -0.800. The van der Waals surface area contributed by atoms with Crippen LogP contribution in [0.2, 0.25) is 5.02 Å². The molecule has 0 spiro atoms. The normalized spacial score (nSPS) is 11.6. The number of benzene rings is 2. The average Bonchev–Trinajstić information content (AvgIpc) is 2.97. The Morgan fingerprint density at radius 1 is 1.16 bits per heavy atom. The summed E-state index contributed by atoms with van der Waals surface area (Å²) < 4.78 is 11.2. The zero-order valence-electron chi connectivity index (χ0n) is 14.3. The molecule has 0 aliphatic rings. The van der Waals surface area contributed by atoms with E-state index >= 15 is 0 Å². The lowest BCUT2D eigenvalue weighted by Gasteiger charge is -2.03. The highest BCUT2D eigenvalue weighted by atomic mass is 35.5. The molecular weight excluding hydrogens is 338 g/mol. The molecule has 0 bridgehead atoms. The number of halogens is 1. The Balaban J connectivity index is 2.19. The van der Waals surface area contributed by atoms with Crippen molar-refractivity contribution in [3.63, 3.8) is 0 Å². The van der Waals surface area contributed by atoms with Gasteiger partial charge < -0.3 is 14.1 Å². The number of ketones is 1. The highest BCUT2D eigenvalue weighted by Gasteiger charge is 2.21. The molecule has 0 aliphatic heterocycles. The maximum Gasteiger partial charge on any atom is 0.197 e. The van der Waals surface area contributed by atoms with Gasteiger partial charge in [-0.25, -0.2) is 0 Å². The van der Waals surface area contributed by atoms with Crippen molar-refractivity contribution in [2.45, 2.75) is 0 Å². The predicted octanol–water partition coefficient (Wildman–Crippen LogP) is 3.44. The molecule has 0 radical (unpaired) electrons. The quantitative estimate of drug-likeness (QED) is 0.712. The second-order valence-electron chi connectivity index (χ2n) is 5.95. The summed E-state index contributed by atoms with van der Waals surface area (Å²) >= 11 is 5.93. The number of fused-ring (bicyclic) bond motifs is 1. The van der Waals surface area contributed by atoms with E-state index in [9.17, 15) is 4.79 Å². The Labute approximate surface area is 151 Å². The van der Waals surface area contributed by atoms with Crippen molar-refractivity contribution in [2.75, 3.05) is 21.2 Å². The van der Waals surface area contributed by atoms with E-state index < -0.39 is 0 Å². The van der Waals surface area contributed by atoms with E-state index in [0.29, 0.717) is 33.2 Å². The Morgan fingerprint density at radius 2 is 1.88 bits per heavy atom. The van der Waals surface area contributed by atoms with Gasteiger partial charge in [-0.1, -0.05) is 11.6 Å². The van der Waals surface area contributed by atoms with Crippen LogP contribution in [0.3, 0.4) is 0 Å². The highest BCUT2D eigenvalue weighted by molar-refractivity contribution is 6.30. The molecule has 3 aromatic rings. The number of rotatable bonds is 5. The molecule has 5 heteroatoms. The van der Waals surface area contributed by atoms with E-state index in [2.05, 4.69) is 0 Å². The fraction of sp³-hybridized carbons (Fsp3) is 0.150. The molecule has 0 saturated heterocycles. The van der Waals surface area contributed by atoms with Crippen LogP contribution < -0.4 is 9.64 Å². The van der Waals surface area contributed by atoms with Crippen molar-refractivity contribution in [3.8, 4) is 5.75 Å². The van der Waals surface area contributed by atoms with Gasteiger partial charge in [-0.05, 0) is 42.5 Å². The number of methoxy groups -OCH3 is 1. The first-order valence-corrected chi connectivity index (χ1v) is 8.26. The monoisotopic (exact) mass is 356 g/mol. The van der Waals surface area contributed by atoms with Crippen molar-refractivity contribution in [2.24, 2.45) is 0 Å². The Morgan fingerprint density at radius 3 is 2.52 bits per heavy atom. The number of quaternary nitrogens is 1. The molecule has 0 aliphatic carbocycles. The van der Waals surface area contributed by atoms with Gasteiger partial charge >= 0.3 is 0 Å². The third kappa shape index (κ3) is 3.60. The third-order valence-electron chi connectivity index (χ3n) is 3.82. The van der Waals surface area contributed by atoms with Gasteiger partial charge in [0.25, 0.3) is 0 Å². The summed E-state index contributed by atoms with van der Waals surface area (Å²) in [7, 11) is 5.57. The van der Waals surface area contributed by atoms with Crippen LogP contribution in [0.4, 0.5) is 0 Å². The van der Waals surface area contributed by atoms with Crippen molar-refractivity contribution in [1.82, 2.24) is 0 Å². The molecule has 128 valence electrons. The predicted molar refractivity (Wildman–Crippen MR) is 99.5 cm³/mol. The molecule has 0 atom stereocenters. The van der Waals surface area contributed by atoms with E-state index in [1.807, 2.05) is 44.6 Å². The maximum atomic E-state index is 13.1. The lowest BCUT2D eigenvalue weighted by Crippen LogP contribution is -3.00. The zero-order valence-corrected chi connectivity index (χ0v) is 15.1. The number of nitrogens with one attached hydrogen (secondary N) is 1. The minimum atomic E-state index is -0.114. The van der Waals surface area contributed by atoms with Gasteiger partial charge in [0.15, 0.2) is 5.78 Å². The molecule has 0 amide bonds. The number of carbonyl (C=O) groups excluding carboxylic acids is 1. The van der Waals surface area contributed by atoms with Crippen LogP contribution in [-0.2, 0) is 0 Å². The number of ether oxygens (including phenoxy) is 1. The second kappa shape index (κ2) is 7.13. The molecule has 1 N–H and O–H groups in total. The maximum absolute atomic E-state index is 13.1. The summed E-state index contributed by atoms with van der Waals surface area (Å²) in [6, 6.07) is 12.3. The third-order valence-corrected chi connectivity index (χ3v) is 4.08. The SMILES string of the molecule is COc1ccc2oc(C=C[NH+](C)C)c(C(=O)c3ccc(Cl)cc3)c2c1. The summed E-state index contributed by atoms with van der Waals surface area (Å²) in [6.07, 6.45) is 3.75. The second-order valence-corrected chi connectivity index (χ2v) is 6.39. The molecule has 25 heavy (non-hydrogen) atoms. The van der Waals surface area contributed by atoms with E-state index in [4.69, 9.17) is 20.8 Å². The summed E-state index contributed by atoms with van der Waals surface area (Å²) in [5.41, 5.74) is 1.72. The highest BCUT2D eigenvalue weighted by Crippen LogP contribution is 2.32. The van der Waals surface area contributed by atoms with Gasteiger partial charge in [-0.15, -0.1) is 0 Å². The first kappa shape index (κ1) is 17.3. The average molecular weight is 357 g/mol. The van der Waals surface area contributed by atoms with Crippen LogP contribution in [0.15, 0.2) is 53.1 Å². The molecule has 0 saturated carbocycles. The minimum Gasteiger partial charge on any atom is -0.497 e. The minimum absolute atomic E-state index is 0.114. The fourth-order valence-electron chi connectivity index (χ4n) is 2.56. The smallest absolute Gasteiger partial charge is 0.197 e. The fourth-order valence-corrected chi connectivity index (χ4v) is 2.69. The first-order valence-electron chi connectivity index (χ1n) is 7.88. The van der Waals surface area contributed by atoms with Gasteiger partial charge in [0, 0.05) is 22.0 Å². The zero-order chi connectivity index (χ0) is 18.0. The standard InChI is InChI=1S/C20H18ClNO3/c1-22(2)11-10-18-19(20(23)13-4-6-14(21)7-5-13)16-12-15(24-3)8-9-17(16)25-18/h4-12H,1-3H3/p+1. The number of carbonyl (C=O) groups is 1. The number of hydrogen-bond donors (Lipinski definition) is 1. The van der Waals surface area contributed by atoms with Crippen LogP contribution in [-0.4, -0.2) is 27.0 Å². The lowest BCUT2D eigenvalue weighted by atomic mass is 10.00. The molecule has 1 heterocycles. The van der Waals surface area contributed by atoms with Gasteiger partial charge in [0.05, 0.1) is 33.0 Å². The summed E-state index contributed by atoms with van der Waals surface area (Å²) in [6.45, 7) is 0. The summed E-state index contributed by atoms with van der Waals surface area (Å²) in [5.74, 6) is 1.09. The van der Waals surface area contributed by atoms with Crippen molar-refractivity contribution >= 4 is 34.4 Å². The van der Waals surface area contributed by atoms with Crippen LogP contribution in [0.5, 0.6) is 5.75 Å². The van der Waals surface area contributed by atoms with Crippen LogP contribution >= 0.6 is 11.6 Å². The van der Waals surface area contributed by atoms with Gasteiger partial charge in [0.2, 0.25) is 0 Å². The molecule has 0 fully saturated rings. The Hall–Kier alpha value is -2.56. The van der Waals surface area contributed by atoms with Crippen molar-refractivity contribution in [3.05, 3.63) is 70.6 Å². The van der Waals surface area contributed by atoms with Gasteiger partial charge in [0.1, 0.15) is 17.1 Å². The first-order chi connectivity index (χ1) is 12.0. The Kier molecular flexibility index (Phi) is 4.93. The summed E-state index contributed by atoms with van der Waals surface area (Å²) in [5, 5.41) is 1.32. The van der Waals surface area contributed by atoms with Crippen molar-refractivity contribution in [1.29, 1.82) is 0 Å². The van der Waals surface area contributed by atoms with Crippen LogP contribution in [0, 0.1) is 0 Å². The molecule has 0 unspecified atom stereocenters.